The van der Waals surface area contributed by atoms with Gasteiger partial charge in [0.15, 0.2) is 5.82 Å². The van der Waals surface area contributed by atoms with Crippen LogP contribution in [0, 0.1) is 18.3 Å². The van der Waals surface area contributed by atoms with Crippen LogP contribution in [0.25, 0.3) is 11.5 Å². The standard InChI is InChI=1S/C18H18N6/c1-3-5-15-13(2)22-12-23-16(15)11-24-9-8-21-18(24)17-14(10-19)6-4-7-20-17/h4,6-9,12H,3,5,11H2,1-2H3. The number of nitriles is 1. The highest BCUT2D eigenvalue weighted by molar-refractivity contribution is 5.60. The highest BCUT2D eigenvalue weighted by Gasteiger charge is 2.15. The summed E-state index contributed by atoms with van der Waals surface area (Å²) in [4.78, 5) is 17.5. The summed E-state index contributed by atoms with van der Waals surface area (Å²) >= 11 is 0. The van der Waals surface area contributed by atoms with Crippen molar-refractivity contribution in [2.45, 2.75) is 33.2 Å². The second-order valence-electron chi connectivity index (χ2n) is 5.52. The predicted molar refractivity (Wildman–Crippen MR) is 90.0 cm³/mol. The molecule has 6 nitrogen and oxygen atoms in total. The van der Waals surface area contributed by atoms with Crippen LogP contribution < -0.4 is 0 Å². The van der Waals surface area contributed by atoms with Gasteiger partial charge in [-0.05, 0) is 31.0 Å². The third-order valence-corrected chi connectivity index (χ3v) is 3.93. The first-order valence-electron chi connectivity index (χ1n) is 7.90. The number of rotatable bonds is 5. The molecule has 0 unspecified atom stereocenters. The van der Waals surface area contributed by atoms with Gasteiger partial charge in [-0.15, -0.1) is 0 Å². The lowest BCUT2D eigenvalue weighted by molar-refractivity contribution is 0.743. The van der Waals surface area contributed by atoms with Crippen LogP contribution in [0.3, 0.4) is 0 Å². The Labute approximate surface area is 140 Å². The lowest BCUT2D eigenvalue weighted by atomic mass is 10.1. The van der Waals surface area contributed by atoms with Crippen molar-refractivity contribution in [3.8, 4) is 17.6 Å². The number of imidazole rings is 1. The normalized spacial score (nSPS) is 10.5. The minimum atomic E-state index is 0.512. The molecular formula is C18H18N6. The first-order valence-corrected chi connectivity index (χ1v) is 7.90. The second kappa shape index (κ2) is 7.01. The van der Waals surface area contributed by atoms with Crippen LogP contribution in [-0.4, -0.2) is 24.5 Å². The maximum atomic E-state index is 9.30. The van der Waals surface area contributed by atoms with Crippen molar-refractivity contribution in [1.82, 2.24) is 24.5 Å². The quantitative estimate of drug-likeness (QED) is 0.722. The van der Waals surface area contributed by atoms with Gasteiger partial charge in [-0.2, -0.15) is 5.26 Å². The van der Waals surface area contributed by atoms with Crippen LogP contribution in [0.5, 0.6) is 0 Å². The molecule has 24 heavy (non-hydrogen) atoms. The monoisotopic (exact) mass is 318 g/mol. The van der Waals surface area contributed by atoms with Gasteiger partial charge in [0.1, 0.15) is 18.1 Å². The summed E-state index contributed by atoms with van der Waals surface area (Å²) in [5.74, 6) is 0.672. The Bertz CT molecular complexity index is 891. The molecule has 3 aromatic rings. The largest absolute Gasteiger partial charge is 0.324 e. The Balaban J connectivity index is 2.01. The molecule has 0 radical (unpaired) electrons. The van der Waals surface area contributed by atoms with E-state index in [1.807, 2.05) is 17.7 Å². The van der Waals surface area contributed by atoms with E-state index in [1.54, 1.807) is 30.9 Å². The van der Waals surface area contributed by atoms with E-state index in [4.69, 9.17) is 0 Å². The van der Waals surface area contributed by atoms with Crippen LogP contribution in [0.2, 0.25) is 0 Å². The van der Waals surface area contributed by atoms with Gasteiger partial charge in [0.25, 0.3) is 0 Å². The Hall–Kier alpha value is -3.07. The van der Waals surface area contributed by atoms with Gasteiger partial charge in [0.2, 0.25) is 0 Å². The molecule has 0 saturated heterocycles. The Morgan fingerprint density at radius 2 is 2.04 bits per heavy atom. The van der Waals surface area contributed by atoms with Crippen molar-refractivity contribution in [2.75, 3.05) is 0 Å². The average Bonchev–Trinajstić information content (AvgIpc) is 3.06. The third-order valence-electron chi connectivity index (χ3n) is 3.93. The summed E-state index contributed by atoms with van der Waals surface area (Å²) < 4.78 is 1.98. The third kappa shape index (κ3) is 3.01. The predicted octanol–water partition coefficient (Wildman–Crippen LogP) is 2.92. The van der Waals surface area contributed by atoms with E-state index in [2.05, 4.69) is 32.9 Å². The van der Waals surface area contributed by atoms with Gasteiger partial charge in [0.05, 0.1) is 17.8 Å². The van der Waals surface area contributed by atoms with Crippen LogP contribution in [0.15, 0.2) is 37.1 Å². The Morgan fingerprint density at radius 1 is 1.17 bits per heavy atom. The number of hydrogen-bond donors (Lipinski definition) is 0. The highest BCUT2D eigenvalue weighted by Crippen LogP contribution is 2.21. The fraction of sp³-hybridized carbons (Fsp3) is 0.278. The van der Waals surface area contributed by atoms with E-state index in [0.717, 1.165) is 24.2 Å². The van der Waals surface area contributed by atoms with E-state index < -0.39 is 0 Å². The average molecular weight is 318 g/mol. The van der Waals surface area contributed by atoms with E-state index in [-0.39, 0.29) is 0 Å². The highest BCUT2D eigenvalue weighted by atomic mass is 15.1. The number of aryl methyl sites for hydroxylation is 1. The van der Waals surface area contributed by atoms with E-state index in [1.165, 1.54) is 5.56 Å². The molecule has 0 atom stereocenters. The molecule has 0 fully saturated rings. The molecule has 3 aromatic heterocycles. The van der Waals surface area contributed by atoms with Crippen molar-refractivity contribution in [1.29, 1.82) is 5.26 Å². The number of aromatic nitrogens is 5. The van der Waals surface area contributed by atoms with Crippen molar-refractivity contribution >= 4 is 0 Å². The molecule has 0 spiro atoms. The van der Waals surface area contributed by atoms with E-state index >= 15 is 0 Å². The first-order chi connectivity index (χ1) is 11.7. The molecule has 0 aliphatic carbocycles. The van der Waals surface area contributed by atoms with E-state index in [9.17, 15) is 5.26 Å². The zero-order valence-corrected chi connectivity index (χ0v) is 13.8. The zero-order valence-electron chi connectivity index (χ0n) is 13.8. The molecule has 0 N–H and O–H groups in total. The summed E-state index contributed by atoms with van der Waals surface area (Å²) in [6.07, 6.45) is 8.86. The molecule has 0 aromatic carbocycles. The van der Waals surface area contributed by atoms with Crippen LogP contribution in [0.4, 0.5) is 0 Å². The SMILES string of the molecule is CCCc1c(C)ncnc1Cn1ccnc1-c1ncccc1C#N. The van der Waals surface area contributed by atoms with Crippen molar-refractivity contribution in [2.24, 2.45) is 0 Å². The van der Waals surface area contributed by atoms with E-state index in [0.29, 0.717) is 23.6 Å². The second-order valence-corrected chi connectivity index (χ2v) is 5.52. The van der Waals surface area contributed by atoms with Gasteiger partial charge in [-0.1, -0.05) is 13.3 Å². The van der Waals surface area contributed by atoms with Gasteiger partial charge in [-0.25, -0.2) is 15.0 Å². The molecule has 0 saturated carbocycles. The first kappa shape index (κ1) is 15.8. The Kier molecular flexibility index (Phi) is 4.62. The van der Waals surface area contributed by atoms with Gasteiger partial charge in [0, 0.05) is 24.3 Å². The fourth-order valence-corrected chi connectivity index (χ4v) is 2.75. The molecule has 0 amide bonds. The molecule has 3 heterocycles. The summed E-state index contributed by atoms with van der Waals surface area (Å²) in [5, 5.41) is 9.30. The molecule has 0 aliphatic heterocycles. The number of pyridine rings is 1. The zero-order chi connectivity index (χ0) is 16.9. The van der Waals surface area contributed by atoms with Crippen LogP contribution >= 0.6 is 0 Å². The van der Waals surface area contributed by atoms with Gasteiger partial charge in [-0.3, -0.25) is 4.98 Å². The molecule has 120 valence electrons. The lowest BCUT2D eigenvalue weighted by Crippen LogP contribution is -2.09. The molecule has 3 rings (SSSR count). The minimum Gasteiger partial charge on any atom is -0.324 e. The summed E-state index contributed by atoms with van der Waals surface area (Å²) in [5.41, 5.74) is 4.28. The lowest BCUT2D eigenvalue weighted by Gasteiger charge is -2.12. The van der Waals surface area contributed by atoms with Crippen molar-refractivity contribution < 1.29 is 0 Å². The number of hydrogen-bond acceptors (Lipinski definition) is 5. The smallest absolute Gasteiger partial charge is 0.160 e. The minimum absolute atomic E-state index is 0.512. The van der Waals surface area contributed by atoms with Crippen molar-refractivity contribution in [3.05, 3.63) is 59.6 Å². The molecular weight excluding hydrogens is 300 g/mol. The molecule has 0 bridgehead atoms. The van der Waals surface area contributed by atoms with Crippen molar-refractivity contribution in [3.63, 3.8) is 0 Å². The Morgan fingerprint density at radius 3 is 2.83 bits per heavy atom. The van der Waals surface area contributed by atoms with Crippen LogP contribution in [0.1, 0.15) is 35.9 Å². The molecule has 0 aliphatic rings. The maximum Gasteiger partial charge on any atom is 0.160 e. The summed E-state index contributed by atoms with van der Waals surface area (Å²) in [6.45, 7) is 4.74. The summed E-state index contributed by atoms with van der Waals surface area (Å²) in [7, 11) is 0. The van der Waals surface area contributed by atoms with Gasteiger partial charge >= 0.3 is 0 Å². The summed E-state index contributed by atoms with van der Waals surface area (Å²) in [6, 6.07) is 5.68. The fourth-order valence-electron chi connectivity index (χ4n) is 2.75. The van der Waals surface area contributed by atoms with Gasteiger partial charge < -0.3 is 4.57 Å². The number of nitrogens with zero attached hydrogens (tertiary/aromatic N) is 6. The molecule has 6 heteroatoms. The van der Waals surface area contributed by atoms with Crippen LogP contribution in [-0.2, 0) is 13.0 Å². The topological polar surface area (TPSA) is 80.3 Å². The maximum absolute atomic E-state index is 9.30.